The van der Waals surface area contributed by atoms with Gasteiger partial charge in [0, 0.05) is 23.7 Å². The van der Waals surface area contributed by atoms with Crippen molar-refractivity contribution in [2.24, 2.45) is 0 Å². The highest BCUT2D eigenvalue weighted by Crippen LogP contribution is 2.19. The molecule has 0 unspecified atom stereocenters. The Kier molecular flexibility index (Phi) is 9.57. The molecule has 3 nitrogen and oxygen atoms in total. The number of hydrogen-bond donors (Lipinski definition) is 2. The lowest BCUT2D eigenvalue weighted by atomic mass is 10.1. The van der Waals surface area contributed by atoms with Crippen LogP contribution < -0.4 is 10.6 Å². The first kappa shape index (κ1) is 18.2. The third-order valence-electron chi connectivity index (χ3n) is 2.45. The number of nitrogens with one attached hydrogen (secondary N) is 2. The van der Waals surface area contributed by atoms with Gasteiger partial charge < -0.3 is 10.6 Å². The topological polar surface area (TPSA) is 41.1 Å². The van der Waals surface area contributed by atoms with E-state index in [1.807, 2.05) is 0 Å². The molecule has 0 radical (unpaired) electrons. The molecule has 108 valence electrons. The van der Waals surface area contributed by atoms with Gasteiger partial charge in [0.15, 0.2) is 0 Å². The molecular formula is C13H19Cl2FN2O. The minimum absolute atomic E-state index is 0. The van der Waals surface area contributed by atoms with Gasteiger partial charge in [-0.15, -0.1) is 12.4 Å². The summed E-state index contributed by atoms with van der Waals surface area (Å²) in [6, 6.07) is 4.40. The molecule has 0 fully saturated rings. The highest BCUT2D eigenvalue weighted by Gasteiger charge is 2.11. The van der Waals surface area contributed by atoms with Crippen LogP contribution in [0.5, 0.6) is 0 Å². The second kappa shape index (κ2) is 10.0. The third kappa shape index (κ3) is 6.76. The molecule has 0 aliphatic carbocycles. The minimum atomic E-state index is -0.443. The van der Waals surface area contributed by atoms with Crippen LogP contribution in [0.15, 0.2) is 18.2 Å². The third-order valence-corrected chi connectivity index (χ3v) is 2.80. The van der Waals surface area contributed by atoms with Gasteiger partial charge in [-0.05, 0) is 25.1 Å². The quantitative estimate of drug-likeness (QED) is 0.760. The van der Waals surface area contributed by atoms with Crippen LogP contribution in [0.2, 0.25) is 5.02 Å². The van der Waals surface area contributed by atoms with Crippen molar-refractivity contribution in [2.45, 2.75) is 19.8 Å². The summed E-state index contributed by atoms with van der Waals surface area (Å²) in [5.41, 5.74) is 0.248. The van der Waals surface area contributed by atoms with Crippen LogP contribution in [-0.4, -0.2) is 25.5 Å². The Hall–Kier alpha value is -0.840. The molecule has 1 amide bonds. The fourth-order valence-electron chi connectivity index (χ4n) is 1.52. The average molecular weight is 309 g/mol. The maximum atomic E-state index is 13.4. The summed E-state index contributed by atoms with van der Waals surface area (Å²) in [7, 11) is 0. The average Bonchev–Trinajstić information content (AvgIpc) is 2.34. The lowest BCUT2D eigenvalue weighted by molar-refractivity contribution is -0.120. The Bertz CT molecular complexity index is 382. The van der Waals surface area contributed by atoms with Crippen LogP contribution in [0.4, 0.5) is 4.39 Å². The molecular weight excluding hydrogens is 290 g/mol. The Morgan fingerprint density at radius 1 is 1.32 bits per heavy atom. The maximum absolute atomic E-state index is 13.4. The molecule has 19 heavy (non-hydrogen) atoms. The molecule has 6 heteroatoms. The van der Waals surface area contributed by atoms with Crippen LogP contribution >= 0.6 is 24.0 Å². The number of carbonyl (C=O) groups excluding carboxylic acids is 1. The van der Waals surface area contributed by atoms with E-state index < -0.39 is 5.82 Å². The standard InChI is InChI=1S/C13H18ClFN2O.ClH/c1-2-6-16-7-8-17-13(18)9-10-11(14)4-3-5-12(10)15;/h3-5,16H,2,6-9H2,1H3,(H,17,18);1H. The van der Waals surface area contributed by atoms with E-state index in [1.165, 1.54) is 12.1 Å². The van der Waals surface area contributed by atoms with E-state index in [1.54, 1.807) is 6.07 Å². The highest BCUT2D eigenvalue weighted by molar-refractivity contribution is 6.31. The second-order valence-electron chi connectivity index (χ2n) is 3.98. The van der Waals surface area contributed by atoms with Gasteiger partial charge in [-0.25, -0.2) is 4.39 Å². The van der Waals surface area contributed by atoms with Gasteiger partial charge >= 0.3 is 0 Å². The van der Waals surface area contributed by atoms with Crippen molar-refractivity contribution in [1.82, 2.24) is 10.6 Å². The minimum Gasteiger partial charge on any atom is -0.355 e. The van der Waals surface area contributed by atoms with Crippen molar-refractivity contribution >= 4 is 29.9 Å². The second-order valence-corrected chi connectivity index (χ2v) is 4.38. The van der Waals surface area contributed by atoms with Gasteiger partial charge in [-0.2, -0.15) is 0 Å². The van der Waals surface area contributed by atoms with E-state index >= 15 is 0 Å². The fourth-order valence-corrected chi connectivity index (χ4v) is 1.75. The van der Waals surface area contributed by atoms with E-state index in [2.05, 4.69) is 17.6 Å². The van der Waals surface area contributed by atoms with Crippen LogP contribution in [0.1, 0.15) is 18.9 Å². The fraction of sp³-hybridized carbons (Fsp3) is 0.462. The largest absolute Gasteiger partial charge is 0.355 e. The van der Waals surface area contributed by atoms with Crippen molar-refractivity contribution in [3.63, 3.8) is 0 Å². The molecule has 0 bridgehead atoms. The molecule has 0 heterocycles. The molecule has 0 spiro atoms. The van der Waals surface area contributed by atoms with Crippen LogP contribution in [0.25, 0.3) is 0 Å². The van der Waals surface area contributed by atoms with Gasteiger partial charge in [-0.1, -0.05) is 24.6 Å². The summed E-state index contributed by atoms with van der Waals surface area (Å²) >= 11 is 5.84. The van der Waals surface area contributed by atoms with Crippen molar-refractivity contribution in [3.05, 3.63) is 34.6 Å². The highest BCUT2D eigenvalue weighted by atomic mass is 35.5. The summed E-state index contributed by atoms with van der Waals surface area (Å²) in [4.78, 5) is 11.6. The molecule has 0 aliphatic rings. The Balaban J connectivity index is 0.00000324. The summed E-state index contributed by atoms with van der Waals surface area (Å²) in [5.74, 6) is -0.665. The maximum Gasteiger partial charge on any atom is 0.224 e. The first-order valence-corrected chi connectivity index (χ1v) is 6.43. The van der Waals surface area contributed by atoms with E-state index in [0.29, 0.717) is 13.1 Å². The zero-order chi connectivity index (χ0) is 13.4. The van der Waals surface area contributed by atoms with E-state index in [-0.39, 0.29) is 35.3 Å². The van der Waals surface area contributed by atoms with Gasteiger partial charge in [0.05, 0.1) is 6.42 Å². The molecule has 0 saturated carbocycles. The number of rotatable bonds is 7. The predicted octanol–water partition coefficient (Wildman–Crippen LogP) is 2.56. The lowest BCUT2D eigenvalue weighted by Gasteiger charge is -2.08. The van der Waals surface area contributed by atoms with Crippen molar-refractivity contribution in [2.75, 3.05) is 19.6 Å². The van der Waals surface area contributed by atoms with Gasteiger partial charge in [0.2, 0.25) is 5.91 Å². The lowest BCUT2D eigenvalue weighted by Crippen LogP contribution is -2.33. The summed E-state index contributed by atoms with van der Waals surface area (Å²) in [5, 5.41) is 6.17. The van der Waals surface area contributed by atoms with Gasteiger partial charge in [0.25, 0.3) is 0 Å². The smallest absolute Gasteiger partial charge is 0.224 e. The Morgan fingerprint density at radius 3 is 2.68 bits per heavy atom. The first-order valence-electron chi connectivity index (χ1n) is 6.05. The van der Waals surface area contributed by atoms with Crippen LogP contribution in [0, 0.1) is 5.82 Å². The number of halogens is 3. The molecule has 1 aromatic rings. The van der Waals surface area contributed by atoms with Crippen LogP contribution in [0.3, 0.4) is 0 Å². The summed E-state index contributed by atoms with van der Waals surface area (Å²) in [6.45, 7) is 4.25. The number of carbonyl (C=O) groups is 1. The zero-order valence-electron chi connectivity index (χ0n) is 10.8. The molecule has 0 aliphatic heterocycles. The number of hydrogen-bond acceptors (Lipinski definition) is 2. The van der Waals surface area contributed by atoms with Crippen molar-refractivity contribution < 1.29 is 9.18 Å². The molecule has 2 N–H and O–H groups in total. The van der Waals surface area contributed by atoms with E-state index in [4.69, 9.17) is 11.6 Å². The number of benzene rings is 1. The first-order chi connectivity index (χ1) is 8.65. The van der Waals surface area contributed by atoms with Gasteiger partial charge in [-0.3, -0.25) is 4.79 Å². The van der Waals surface area contributed by atoms with Gasteiger partial charge in [0.1, 0.15) is 5.82 Å². The van der Waals surface area contributed by atoms with Crippen LogP contribution in [-0.2, 0) is 11.2 Å². The molecule has 0 aromatic heterocycles. The SMILES string of the molecule is CCCNCCNC(=O)Cc1c(F)cccc1Cl.Cl. The Morgan fingerprint density at radius 2 is 2.05 bits per heavy atom. The summed E-state index contributed by atoms with van der Waals surface area (Å²) in [6.07, 6.45) is 1.03. The zero-order valence-corrected chi connectivity index (χ0v) is 12.4. The monoisotopic (exact) mass is 308 g/mol. The van der Waals surface area contributed by atoms with E-state index in [9.17, 15) is 9.18 Å². The molecule has 0 saturated heterocycles. The van der Waals surface area contributed by atoms with E-state index in [0.717, 1.165) is 13.0 Å². The van der Waals surface area contributed by atoms with Crippen molar-refractivity contribution in [3.8, 4) is 0 Å². The normalized spacial score (nSPS) is 9.84. The molecule has 1 aromatic carbocycles. The Labute approximate surface area is 124 Å². The van der Waals surface area contributed by atoms with Crippen molar-refractivity contribution in [1.29, 1.82) is 0 Å². The molecule has 1 rings (SSSR count). The summed E-state index contributed by atoms with van der Waals surface area (Å²) < 4.78 is 13.4. The number of amides is 1. The molecule has 0 atom stereocenters. The predicted molar refractivity (Wildman–Crippen MR) is 78.5 cm³/mol.